The highest BCUT2D eigenvalue weighted by Crippen LogP contribution is 2.27. The predicted molar refractivity (Wildman–Crippen MR) is 80.7 cm³/mol. The number of fused-ring (bicyclic) bond motifs is 1. The molecule has 0 N–H and O–H groups in total. The monoisotopic (exact) mass is 317 g/mol. The molecule has 112 valence electrons. The maximum Gasteiger partial charge on any atom is 0.339 e. The zero-order valence-corrected chi connectivity index (χ0v) is 12.5. The van der Waals surface area contributed by atoms with Gasteiger partial charge >= 0.3 is 10.1 Å². The molecule has 0 aliphatic rings. The Labute approximate surface area is 127 Å². The summed E-state index contributed by atoms with van der Waals surface area (Å²) in [4.78, 5) is 4.07. The van der Waals surface area contributed by atoms with Crippen LogP contribution in [0.25, 0.3) is 10.9 Å². The average Bonchev–Trinajstić information content (AvgIpc) is 2.48. The highest BCUT2D eigenvalue weighted by molar-refractivity contribution is 7.87. The van der Waals surface area contributed by atoms with Crippen LogP contribution in [-0.4, -0.2) is 13.4 Å². The molecule has 0 aliphatic heterocycles. The van der Waals surface area contributed by atoms with Crippen molar-refractivity contribution >= 4 is 21.0 Å². The van der Waals surface area contributed by atoms with Crippen molar-refractivity contribution in [1.82, 2.24) is 4.98 Å². The predicted octanol–water partition coefficient (Wildman–Crippen LogP) is 3.45. The molecule has 0 radical (unpaired) electrons. The van der Waals surface area contributed by atoms with Crippen LogP contribution in [0.4, 0.5) is 4.39 Å². The first-order valence-electron chi connectivity index (χ1n) is 6.52. The van der Waals surface area contributed by atoms with Crippen molar-refractivity contribution in [2.24, 2.45) is 0 Å². The number of pyridine rings is 1. The number of halogens is 1. The largest absolute Gasteiger partial charge is 0.377 e. The van der Waals surface area contributed by atoms with Gasteiger partial charge in [0.25, 0.3) is 0 Å². The molecule has 22 heavy (non-hydrogen) atoms. The molecule has 0 bridgehead atoms. The summed E-state index contributed by atoms with van der Waals surface area (Å²) in [5.74, 6) is -0.526. The lowest BCUT2D eigenvalue weighted by Crippen LogP contribution is -2.10. The molecular formula is C16H12FNO3S. The van der Waals surface area contributed by atoms with E-state index in [4.69, 9.17) is 4.18 Å². The van der Waals surface area contributed by atoms with E-state index in [0.717, 1.165) is 17.1 Å². The van der Waals surface area contributed by atoms with E-state index in [1.807, 2.05) is 18.2 Å². The number of benzene rings is 2. The van der Waals surface area contributed by atoms with Gasteiger partial charge in [0.15, 0.2) is 5.75 Å². The highest BCUT2D eigenvalue weighted by Gasteiger charge is 2.19. The first-order chi connectivity index (χ1) is 10.5. The SMILES string of the molecule is Cc1ccc2cccc(OS(=O)(=O)c3cccc(F)c3)c2n1. The minimum Gasteiger partial charge on any atom is -0.377 e. The van der Waals surface area contributed by atoms with E-state index in [0.29, 0.717) is 5.52 Å². The number of aryl methyl sites for hydroxylation is 1. The molecule has 0 saturated carbocycles. The first-order valence-corrected chi connectivity index (χ1v) is 7.93. The number of hydrogen-bond donors (Lipinski definition) is 0. The zero-order chi connectivity index (χ0) is 15.7. The molecule has 6 heteroatoms. The summed E-state index contributed by atoms with van der Waals surface area (Å²) >= 11 is 0. The van der Waals surface area contributed by atoms with E-state index < -0.39 is 15.9 Å². The van der Waals surface area contributed by atoms with Crippen molar-refractivity contribution in [1.29, 1.82) is 0 Å². The van der Waals surface area contributed by atoms with E-state index in [1.54, 1.807) is 13.0 Å². The minimum atomic E-state index is -4.12. The van der Waals surface area contributed by atoms with E-state index in [2.05, 4.69) is 4.98 Å². The molecule has 0 fully saturated rings. The fourth-order valence-corrected chi connectivity index (χ4v) is 3.04. The molecule has 1 aromatic heterocycles. The van der Waals surface area contributed by atoms with Gasteiger partial charge in [-0.3, -0.25) is 0 Å². The molecule has 0 saturated heterocycles. The quantitative estimate of drug-likeness (QED) is 0.694. The molecule has 0 unspecified atom stereocenters. The Morgan fingerprint density at radius 1 is 1.05 bits per heavy atom. The number of rotatable bonds is 3. The number of nitrogens with zero attached hydrogens (tertiary/aromatic N) is 1. The lowest BCUT2D eigenvalue weighted by molar-refractivity contribution is 0.487. The molecule has 0 spiro atoms. The third-order valence-corrected chi connectivity index (χ3v) is 4.34. The Morgan fingerprint density at radius 2 is 1.82 bits per heavy atom. The van der Waals surface area contributed by atoms with Crippen LogP contribution in [-0.2, 0) is 10.1 Å². The van der Waals surface area contributed by atoms with Gasteiger partial charge < -0.3 is 4.18 Å². The second-order valence-electron chi connectivity index (χ2n) is 4.78. The molecule has 3 aromatic rings. The van der Waals surface area contributed by atoms with Gasteiger partial charge in [-0.05, 0) is 37.3 Å². The van der Waals surface area contributed by atoms with Crippen LogP contribution in [0.5, 0.6) is 5.75 Å². The lowest BCUT2D eigenvalue weighted by Gasteiger charge is -2.09. The summed E-state index contributed by atoms with van der Waals surface area (Å²) in [7, 11) is -4.12. The smallest absolute Gasteiger partial charge is 0.339 e. The van der Waals surface area contributed by atoms with Crippen LogP contribution in [0.3, 0.4) is 0 Å². The molecule has 2 aromatic carbocycles. The Morgan fingerprint density at radius 3 is 2.59 bits per heavy atom. The van der Waals surface area contributed by atoms with Crippen molar-refractivity contribution in [3.05, 3.63) is 66.1 Å². The maximum atomic E-state index is 13.2. The Bertz CT molecular complexity index is 955. The van der Waals surface area contributed by atoms with Crippen LogP contribution in [0.15, 0.2) is 59.5 Å². The van der Waals surface area contributed by atoms with Crippen molar-refractivity contribution in [2.45, 2.75) is 11.8 Å². The van der Waals surface area contributed by atoms with Gasteiger partial charge in [0.2, 0.25) is 0 Å². The summed E-state index contributed by atoms with van der Waals surface area (Å²) in [6.07, 6.45) is 0. The lowest BCUT2D eigenvalue weighted by atomic mass is 10.2. The summed E-state index contributed by atoms with van der Waals surface area (Å²) in [5, 5.41) is 0.762. The van der Waals surface area contributed by atoms with Crippen LogP contribution < -0.4 is 4.18 Å². The number of hydrogen-bond acceptors (Lipinski definition) is 4. The Kier molecular flexibility index (Phi) is 3.54. The third kappa shape index (κ3) is 2.78. The average molecular weight is 317 g/mol. The second kappa shape index (κ2) is 5.38. The molecule has 1 heterocycles. The van der Waals surface area contributed by atoms with E-state index in [1.165, 1.54) is 24.3 Å². The van der Waals surface area contributed by atoms with Gasteiger partial charge in [0.05, 0.1) is 0 Å². The molecular weight excluding hydrogens is 305 g/mol. The van der Waals surface area contributed by atoms with Crippen molar-refractivity contribution < 1.29 is 17.0 Å². The standard InChI is InChI=1S/C16H12FNO3S/c1-11-8-9-12-4-2-7-15(16(12)18-11)21-22(19,20)14-6-3-5-13(17)10-14/h2-10H,1H3. The van der Waals surface area contributed by atoms with Gasteiger partial charge in [0.1, 0.15) is 16.2 Å². The summed E-state index contributed by atoms with van der Waals surface area (Å²) in [5.41, 5.74) is 1.19. The van der Waals surface area contributed by atoms with Crippen molar-refractivity contribution in [2.75, 3.05) is 0 Å². The molecule has 3 rings (SSSR count). The fraction of sp³-hybridized carbons (Fsp3) is 0.0625. The van der Waals surface area contributed by atoms with Crippen LogP contribution in [0.1, 0.15) is 5.69 Å². The minimum absolute atomic E-state index is 0.116. The van der Waals surface area contributed by atoms with E-state index in [-0.39, 0.29) is 10.6 Å². The van der Waals surface area contributed by atoms with E-state index >= 15 is 0 Å². The van der Waals surface area contributed by atoms with Gasteiger partial charge in [-0.25, -0.2) is 9.37 Å². The molecule has 0 atom stereocenters. The fourth-order valence-electron chi connectivity index (χ4n) is 2.07. The second-order valence-corrected chi connectivity index (χ2v) is 6.32. The number of aromatic nitrogens is 1. The van der Waals surface area contributed by atoms with Crippen molar-refractivity contribution in [3.8, 4) is 5.75 Å². The summed E-state index contributed by atoms with van der Waals surface area (Å²) in [6, 6.07) is 13.3. The zero-order valence-electron chi connectivity index (χ0n) is 11.7. The van der Waals surface area contributed by atoms with Crippen molar-refractivity contribution in [3.63, 3.8) is 0 Å². The van der Waals surface area contributed by atoms with Gasteiger partial charge in [0, 0.05) is 11.1 Å². The summed E-state index contributed by atoms with van der Waals surface area (Å²) in [6.45, 7) is 1.80. The third-order valence-electron chi connectivity index (χ3n) is 3.11. The normalized spacial score (nSPS) is 11.5. The van der Waals surface area contributed by atoms with Crippen LogP contribution in [0.2, 0.25) is 0 Å². The van der Waals surface area contributed by atoms with E-state index in [9.17, 15) is 12.8 Å². The Hall–Kier alpha value is -2.47. The number of para-hydroxylation sites is 1. The first kappa shape index (κ1) is 14.5. The maximum absolute atomic E-state index is 13.2. The van der Waals surface area contributed by atoms with Gasteiger partial charge in [-0.1, -0.05) is 24.3 Å². The van der Waals surface area contributed by atoms with Gasteiger partial charge in [-0.15, -0.1) is 0 Å². The highest BCUT2D eigenvalue weighted by atomic mass is 32.2. The van der Waals surface area contributed by atoms with Crippen LogP contribution >= 0.6 is 0 Å². The molecule has 0 amide bonds. The summed E-state index contributed by atoms with van der Waals surface area (Å²) < 4.78 is 42.9. The topological polar surface area (TPSA) is 56.3 Å². The van der Waals surface area contributed by atoms with Gasteiger partial charge in [-0.2, -0.15) is 8.42 Å². The Balaban J connectivity index is 2.08. The molecule has 0 aliphatic carbocycles. The van der Waals surface area contributed by atoms with Crippen LogP contribution in [0, 0.1) is 12.7 Å². The molecule has 4 nitrogen and oxygen atoms in total.